The summed E-state index contributed by atoms with van der Waals surface area (Å²) >= 11 is 0. The number of carbonyl (C=O) groups is 1. The summed E-state index contributed by atoms with van der Waals surface area (Å²) < 4.78 is 85.9. The Bertz CT molecular complexity index is 2410. The van der Waals surface area contributed by atoms with Crippen LogP contribution in [0.5, 0.6) is 5.75 Å². The van der Waals surface area contributed by atoms with Crippen LogP contribution in [0, 0.1) is 0 Å². The number of aromatic hydroxyl groups is 1. The van der Waals surface area contributed by atoms with E-state index in [1.54, 1.807) is 0 Å². The first-order chi connectivity index (χ1) is 42.4. The van der Waals surface area contributed by atoms with Crippen molar-refractivity contribution in [1.82, 2.24) is 0 Å². The number of hydrogen-bond acceptors (Lipinski definition) is 38. The molecule has 21 aliphatic rings. The average Bonchev–Trinajstić information content (AvgIpc) is 1.71. The number of benzene rings is 1. The number of rotatable bonds is 10. The molecule has 0 spiro atoms. The van der Waals surface area contributed by atoms with Crippen LogP contribution in [0.2, 0.25) is 0 Å². The van der Waals surface area contributed by atoms with E-state index in [9.17, 15) is 112 Å². The molecule has 21 aliphatic heterocycles. The number of ether oxygens (including phenoxy) is 15. The standard InChI is InChI=1S/C51H77NO37/c1-75-44(74)22(13-2-4-14(59)5-3-13)52-6-15-37-23(60)30(67)45(76-15)84-38-16(7-53)78-47(32(69)25(38)62)86-40-18(9-55)80-49(34(71)27(40)64)88-42-20(11-57)82-51(36(73)29(42)66)89-43-21(12-58)81-50(35(72)28(43)65)87-41-19(10-56)79-48(33(70)26(41)63)85-39-17(8-54)77-46(83-37)31(68)24(39)61/h2-6,15-43,45-51,53-73H,7-12H2,1H3/t15-,16-,17-,18-,19-,20-,21-,22-,23-,24-,25-,26-,27-,28-,29-,30-,31-,32-,33-,34-,35-,36-,37-,38-,39-,40-,41-,42-,43-,45-,46-,47-,48-,49-,50-,51-/m1/s1. The fourth-order valence-corrected chi connectivity index (χ4v) is 11.6. The second-order valence-electron chi connectivity index (χ2n) is 22.2. The molecule has 14 bridgehead atoms. The number of phenolic OH excluding ortho intramolecular Hbond substituents is 1. The zero-order valence-corrected chi connectivity index (χ0v) is 46.8. The van der Waals surface area contributed by atoms with E-state index in [1.165, 1.54) is 24.3 Å². The van der Waals surface area contributed by atoms with E-state index in [0.717, 1.165) is 13.3 Å². The van der Waals surface area contributed by atoms with Gasteiger partial charge in [-0.3, -0.25) is 4.99 Å². The summed E-state index contributed by atoms with van der Waals surface area (Å²) in [5.74, 6) is -1.21. The highest BCUT2D eigenvalue weighted by atomic mass is 16.8. The summed E-state index contributed by atoms with van der Waals surface area (Å²) in [5, 5.41) is 234. The Morgan fingerprint density at radius 1 is 0.371 bits per heavy atom. The molecule has 0 aromatic heterocycles. The van der Waals surface area contributed by atoms with Crippen molar-refractivity contribution < 1.29 is 183 Å². The Labute approximate surface area is 502 Å². The summed E-state index contributed by atoms with van der Waals surface area (Å²) in [4.78, 5) is 17.4. The Hall–Kier alpha value is -3.20. The van der Waals surface area contributed by atoms with Crippen molar-refractivity contribution in [2.45, 2.75) is 221 Å². The summed E-state index contributed by atoms with van der Waals surface area (Å²) in [6.07, 6.45) is -71.7. The zero-order chi connectivity index (χ0) is 64.6. The van der Waals surface area contributed by atoms with E-state index >= 15 is 0 Å². The Balaban J connectivity index is 1.04. The molecule has 0 radical (unpaired) electrons. The lowest BCUT2D eigenvalue weighted by Gasteiger charge is -2.50. The van der Waals surface area contributed by atoms with Gasteiger partial charge >= 0.3 is 5.97 Å². The molecule has 38 nitrogen and oxygen atoms in total. The normalized spacial score (nSPS) is 49.8. The molecule has 22 rings (SSSR count). The largest absolute Gasteiger partial charge is 0.508 e. The van der Waals surface area contributed by atoms with Crippen molar-refractivity contribution in [2.75, 3.05) is 46.8 Å². The maximum atomic E-state index is 13.2. The molecule has 1 aromatic carbocycles. The molecule has 89 heavy (non-hydrogen) atoms. The van der Waals surface area contributed by atoms with Crippen molar-refractivity contribution in [3.8, 4) is 5.75 Å². The highest BCUT2D eigenvalue weighted by Gasteiger charge is 2.59. The van der Waals surface area contributed by atoms with Crippen LogP contribution in [0.3, 0.4) is 0 Å². The molecule has 1 aromatic rings. The molecule has 0 saturated carbocycles. The molecule has 0 aliphatic carbocycles. The lowest BCUT2D eigenvalue weighted by atomic mass is 9.95. The van der Waals surface area contributed by atoms with Crippen LogP contribution in [-0.2, 0) is 75.8 Å². The zero-order valence-electron chi connectivity index (χ0n) is 46.8. The topological polar surface area (TPSA) is 593 Å². The second kappa shape index (κ2) is 30.0. The van der Waals surface area contributed by atoms with Crippen molar-refractivity contribution in [3.05, 3.63) is 29.8 Å². The Kier molecular flexibility index (Phi) is 23.7. The minimum absolute atomic E-state index is 0.108. The fourth-order valence-electron chi connectivity index (χ4n) is 11.6. The number of hydrogen-bond donors (Lipinski definition) is 21. The molecule has 0 amide bonds. The van der Waals surface area contributed by atoms with Crippen LogP contribution in [0.4, 0.5) is 0 Å². The minimum Gasteiger partial charge on any atom is -0.508 e. The van der Waals surface area contributed by atoms with Gasteiger partial charge in [-0.15, -0.1) is 0 Å². The van der Waals surface area contributed by atoms with Crippen LogP contribution < -0.4 is 0 Å². The maximum Gasteiger partial charge on any atom is 0.335 e. The van der Waals surface area contributed by atoms with Crippen LogP contribution in [0.1, 0.15) is 11.6 Å². The molecule has 21 fully saturated rings. The Morgan fingerprint density at radius 3 is 0.831 bits per heavy atom. The van der Waals surface area contributed by atoms with Gasteiger partial charge in [-0.2, -0.15) is 0 Å². The smallest absolute Gasteiger partial charge is 0.335 e. The predicted molar refractivity (Wildman–Crippen MR) is 273 cm³/mol. The third kappa shape index (κ3) is 14.3. The predicted octanol–water partition coefficient (Wildman–Crippen LogP) is -13.5. The number of carbonyl (C=O) groups excluding carboxylic acids is 1. The van der Waals surface area contributed by atoms with Crippen LogP contribution >= 0.6 is 0 Å². The highest BCUT2D eigenvalue weighted by Crippen LogP contribution is 2.39. The lowest BCUT2D eigenvalue weighted by molar-refractivity contribution is -0.396. The SMILES string of the molecule is COC(=O)[C@H](N=C[C@H]1O[C@@H]2O[C@H]3[C@H](O)[C@@H](O)[C@@H](O[C@H]4[C@H](O)[C@@H](O)[C@@H](O[C@H]5[C@H](O)[C@@H](O)[C@@H](O[C@H]6[C@H](O)[C@@H](O)[C@@H](O[C@H]7[C@H](O)[C@@H](O)[C@@H](O[C@H]8[C@H](O)[C@@H](O)[C@@H](O[C@H]1[C@H](O)[C@H]2O)O[C@@H]8CO)O[C@@H]7CO)O[C@@H]6CO)O[C@@H]5CO)O[C@@H]4CO)O[C@@H]3CO)c1ccc(O)cc1. The minimum atomic E-state index is -2.32. The average molecular weight is 1300 g/mol. The van der Waals surface area contributed by atoms with Crippen LogP contribution in [0.15, 0.2) is 29.3 Å². The number of aliphatic imine (C=N–C) groups is 1. The number of phenols is 1. The molecule has 36 atom stereocenters. The van der Waals surface area contributed by atoms with E-state index in [0.29, 0.717) is 0 Å². The second-order valence-corrected chi connectivity index (χ2v) is 22.2. The van der Waals surface area contributed by atoms with Crippen molar-refractivity contribution >= 4 is 12.2 Å². The van der Waals surface area contributed by atoms with Gasteiger partial charge in [0.2, 0.25) is 0 Å². The lowest BCUT2D eigenvalue weighted by Crippen LogP contribution is -2.68. The summed E-state index contributed by atoms with van der Waals surface area (Å²) in [6.45, 7) is -6.51. The molecule has 508 valence electrons. The molecular weight excluding hydrogens is 1220 g/mol. The summed E-state index contributed by atoms with van der Waals surface area (Å²) in [5.41, 5.74) is 0.108. The van der Waals surface area contributed by atoms with Crippen molar-refractivity contribution in [2.24, 2.45) is 4.99 Å². The molecule has 21 N–H and O–H groups in total. The van der Waals surface area contributed by atoms with Gasteiger partial charge in [-0.25, -0.2) is 4.79 Å². The summed E-state index contributed by atoms with van der Waals surface area (Å²) in [6, 6.07) is 3.43. The third-order valence-corrected chi connectivity index (χ3v) is 16.6. The molecular formula is C51H77NO37. The number of aliphatic hydroxyl groups excluding tert-OH is 20. The quantitative estimate of drug-likeness (QED) is 0.0764. The first-order valence-electron chi connectivity index (χ1n) is 28.2. The molecule has 21 heterocycles. The van der Waals surface area contributed by atoms with E-state index in [1.807, 2.05) is 0 Å². The van der Waals surface area contributed by atoms with Crippen LogP contribution in [0.25, 0.3) is 0 Å². The van der Waals surface area contributed by atoms with Crippen molar-refractivity contribution in [1.29, 1.82) is 0 Å². The number of aliphatic hydroxyl groups is 20. The fraction of sp³-hybridized carbons (Fsp3) is 0.843. The molecule has 38 heteroatoms. The van der Waals surface area contributed by atoms with Gasteiger partial charge in [0.05, 0.1) is 46.8 Å². The third-order valence-electron chi connectivity index (χ3n) is 16.6. The maximum absolute atomic E-state index is 13.2. The monoisotopic (exact) mass is 1300 g/mol. The van der Waals surface area contributed by atoms with E-state index in [4.69, 9.17) is 71.1 Å². The van der Waals surface area contributed by atoms with Gasteiger partial charge in [0.1, 0.15) is 177 Å². The van der Waals surface area contributed by atoms with Gasteiger partial charge < -0.3 is 178 Å². The van der Waals surface area contributed by atoms with Gasteiger partial charge in [0.15, 0.2) is 50.1 Å². The number of nitrogens with zero attached hydrogens (tertiary/aromatic N) is 1. The van der Waals surface area contributed by atoms with Crippen molar-refractivity contribution in [3.63, 3.8) is 0 Å². The first-order valence-corrected chi connectivity index (χ1v) is 28.2. The van der Waals surface area contributed by atoms with E-state index < -0.39 is 267 Å². The number of esters is 1. The molecule has 21 saturated heterocycles. The van der Waals surface area contributed by atoms with E-state index in [2.05, 4.69) is 4.99 Å². The summed E-state index contributed by atoms with van der Waals surface area (Å²) in [7, 11) is 1.02. The first kappa shape index (κ1) is 70.1. The van der Waals surface area contributed by atoms with Gasteiger partial charge in [0.25, 0.3) is 0 Å². The highest BCUT2D eigenvalue weighted by molar-refractivity contribution is 5.80. The molecule has 0 unspecified atom stereocenters. The van der Waals surface area contributed by atoms with E-state index in [-0.39, 0.29) is 11.3 Å². The van der Waals surface area contributed by atoms with Gasteiger partial charge in [-0.05, 0) is 17.7 Å². The number of methoxy groups -OCH3 is 1. The van der Waals surface area contributed by atoms with Crippen LogP contribution in [-0.4, -0.2) is 381 Å². The van der Waals surface area contributed by atoms with Gasteiger partial charge in [0, 0.05) is 6.21 Å². The Morgan fingerprint density at radius 2 is 0.596 bits per heavy atom. The van der Waals surface area contributed by atoms with Gasteiger partial charge in [-0.1, -0.05) is 12.1 Å².